The number of sulfonamides is 1. The van der Waals surface area contributed by atoms with Gasteiger partial charge in [0, 0.05) is 19.1 Å². The molecular weight excluding hydrogens is 368 g/mol. The molecule has 1 rings (SSSR count). The molecule has 20 heavy (non-hydrogen) atoms. The Morgan fingerprint density at radius 1 is 1.45 bits per heavy atom. The fourth-order valence-corrected chi connectivity index (χ4v) is 4.87. The molecule has 0 amide bonds. The van der Waals surface area contributed by atoms with Crippen molar-refractivity contribution in [3.8, 4) is 0 Å². The number of ether oxygens (including phenoxy) is 1. The van der Waals surface area contributed by atoms with E-state index in [1.807, 2.05) is 13.8 Å². The Hall–Kier alpha value is -0.480. The lowest BCUT2D eigenvalue weighted by molar-refractivity contribution is 0.0606. The molecule has 6 nitrogen and oxygen atoms in total. The number of halogens is 1. The summed E-state index contributed by atoms with van der Waals surface area (Å²) in [7, 11) is -2.39. The first kappa shape index (κ1) is 17.6. The molecule has 0 aliphatic rings. The van der Waals surface area contributed by atoms with Crippen LogP contribution in [0.3, 0.4) is 0 Å². The number of hydrogen-bond donors (Lipinski definition) is 2. The lowest BCUT2D eigenvalue weighted by Gasteiger charge is -2.09. The van der Waals surface area contributed by atoms with Crippen LogP contribution < -0.4 is 10.0 Å². The lowest BCUT2D eigenvalue weighted by atomic mass is 10.4. The molecule has 0 fully saturated rings. The van der Waals surface area contributed by atoms with Gasteiger partial charge in [0.05, 0.1) is 10.9 Å². The molecule has 0 radical (unpaired) electrons. The molecule has 0 aromatic carbocycles. The summed E-state index contributed by atoms with van der Waals surface area (Å²) in [6.07, 6.45) is 0. The van der Waals surface area contributed by atoms with Crippen LogP contribution >= 0.6 is 27.3 Å². The zero-order valence-corrected chi connectivity index (χ0v) is 14.6. The van der Waals surface area contributed by atoms with Crippen molar-refractivity contribution in [1.82, 2.24) is 10.0 Å². The molecule has 0 atom stereocenters. The minimum atomic E-state index is -3.64. The van der Waals surface area contributed by atoms with E-state index in [4.69, 9.17) is 0 Å². The van der Waals surface area contributed by atoms with Crippen molar-refractivity contribution < 1.29 is 17.9 Å². The van der Waals surface area contributed by atoms with E-state index in [1.165, 1.54) is 13.2 Å². The third-order valence-corrected chi connectivity index (χ3v) is 5.99. The van der Waals surface area contributed by atoms with Crippen LogP contribution in [0.25, 0.3) is 0 Å². The van der Waals surface area contributed by atoms with E-state index in [9.17, 15) is 13.2 Å². The summed E-state index contributed by atoms with van der Waals surface area (Å²) >= 11 is 4.18. The van der Waals surface area contributed by atoms with Gasteiger partial charge in [-0.15, -0.1) is 11.3 Å². The van der Waals surface area contributed by atoms with E-state index in [0.717, 1.165) is 11.3 Å². The maximum absolute atomic E-state index is 12.1. The minimum absolute atomic E-state index is 0.0486. The maximum atomic E-state index is 12.1. The Kier molecular flexibility index (Phi) is 6.59. The molecule has 114 valence electrons. The molecule has 1 aromatic heterocycles. The smallest absolute Gasteiger partial charge is 0.348 e. The number of carbonyl (C=O) groups is 1. The molecule has 9 heteroatoms. The van der Waals surface area contributed by atoms with Gasteiger partial charge in [0.15, 0.2) is 0 Å². The number of thiophene rings is 1. The van der Waals surface area contributed by atoms with Gasteiger partial charge in [-0.2, -0.15) is 0 Å². The van der Waals surface area contributed by atoms with Crippen LogP contribution in [0.5, 0.6) is 0 Å². The van der Waals surface area contributed by atoms with Crippen molar-refractivity contribution >= 4 is 43.3 Å². The predicted molar refractivity (Wildman–Crippen MR) is 81.7 cm³/mol. The molecule has 1 heterocycles. The third-order valence-electron chi connectivity index (χ3n) is 2.30. The van der Waals surface area contributed by atoms with Crippen LogP contribution in [0.2, 0.25) is 0 Å². The molecule has 2 N–H and O–H groups in total. The topological polar surface area (TPSA) is 84.5 Å². The molecule has 0 spiro atoms. The Bertz CT molecular complexity index is 569. The summed E-state index contributed by atoms with van der Waals surface area (Å²) in [4.78, 5) is 11.7. The van der Waals surface area contributed by atoms with Crippen LogP contribution in [0.15, 0.2) is 14.7 Å². The van der Waals surface area contributed by atoms with Crippen molar-refractivity contribution in [2.75, 3.05) is 20.2 Å². The summed E-state index contributed by atoms with van der Waals surface area (Å²) < 4.78 is 31.6. The van der Waals surface area contributed by atoms with Gasteiger partial charge in [0.1, 0.15) is 9.77 Å². The average molecular weight is 385 g/mol. The van der Waals surface area contributed by atoms with Gasteiger partial charge in [0.2, 0.25) is 10.0 Å². The number of hydrogen-bond acceptors (Lipinski definition) is 6. The van der Waals surface area contributed by atoms with E-state index >= 15 is 0 Å². The summed E-state index contributed by atoms with van der Waals surface area (Å²) in [5, 5.41) is 3.11. The molecular formula is C11H17BrN2O4S2. The van der Waals surface area contributed by atoms with Crippen molar-refractivity contribution in [2.45, 2.75) is 24.8 Å². The average Bonchev–Trinajstić information content (AvgIpc) is 2.76. The van der Waals surface area contributed by atoms with Crippen molar-refractivity contribution in [2.24, 2.45) is 0 Å². The van der Waals surface area contributed by atoms with Crippen molar-refractivity contribution in [3.05, 3.63) is 14.7 Å². The zero-order chi connectivity index (χ0) is 15.3. The van der Waals surface area contributed by atoms with Crippen molar-refractivity contribution in [1.29, 1.82) is 0 Å². The van der Waals surface area contributed by atoms with Gasteiger partial charge in [-0.25, -0.2) is 17.9 Å². The molecule has 0 aliphatic heterocycles. The first-order valence-corrected chi connectivity index (χ1v) is 8.98. The SMILES string of the molecule is COC(=O)c1cc(S(=O)(=O)NCCNC(C)C)c(Br)s1. The Morgan fingerprint density at radius 3 is 2.65 bits per heavy atom. The maximum Gasteiger partial charge on any atom is 0.348 e. The highest BCUT2D eigenvalue weighted by molar-refractivity contribution is 9.11. The fourth-order valence-electron chi connectivity index (χ4n) is 1.36. The van der Waals surface area contributed by atoms with Gasteiger partial charge < -0.3 is 10.1 Å². The van der Waals surface area contributed by atoms with Crippen LogP contribution in [-0.2, 0) is 14.8 Å². The van der Waals surface area contributed by atoms with Gasteiger partial charge in [-0.1, -0.05) is 13.8 Å². The highest BCUT2D eigenvalue weighted by Crippen LogP contribution is 2.31. The molecule has 0 saturated heterocycles. The van der Waals surface area contributed by atoms with E-state index in [1.54, 1.807) is 0 Å². The van der Waals surface area contributed by atoms with Crippen LogP contribution in [-0.4, -0.2) is 40.6 Å². The quantitative estimate of drug-likeness (QED) is 0.550. The van der Waals surface area contributed by atoms with Crippen LogP contribution in [0.1, 0.15) is 23.5 Å². The van der Waals surface area contributed by atoms with Gasteiger partial charge in [0.25, 0.3) is 0 Å². The summed E-state index contributed by atoms with van der Waals surface area (Å²) in [6.45, 7) is 4.76. The summed E-state index contributed by atoms with van der Waals surface area (Å²) in [5.41, 5.74) is 0. The summed E-state index contributed by atoms with van der Waals surface area (Å²) in [5.74, 6) is -0.557. The normalized spacial score (nSPS) is 11.8. The zero-order valence-electron chi connectivity index (χ0n) is 11.4. The molecule has 0 bridgehead atoms. The number of carbonyl (C=O) groups excluding carboxylic acids is 1. The standard InChI is InChI=1S/C11H17BrN2O4S2/c1-7(2)13-4-5-14-20(16,17)9-6-8(11(15)18-3)19-10(9)12/h6-7,13-14H,4-5H2,1-3H3. The Balaban J connectivity index is 2.77. The predicted octanol–water partition coefficient (Wildman–Crippen LogP) is 1.57. The second-order valence-electron chi connectivity index (χ2n) is 4.25. The number of rotatable bonds is 7. The fraction of sp³-hybridized carbons (Fsp3) is 0.545. The van der Waals surface area contributed by atoms with Crippen LogP contribution in [0, 0.1) is 0 Å². The van der Waals surface area contributed by atoms with E-state index in [0.29, 0.717) is 16.4 Å². The molecule has 0 unspecified atom stereocenters. The lowest BCUT2D eigenvalue weighted by Crippen LogP contribution is -2.34. The first-order valence-electron chi connectivity index (χ1n) is 5.88. The number of methoxy groups -OCH3 is 1. The van der Waals surface area contributed by atoms with Gasteiger partial charge in [-0.3, -0.25) is 0 Å². The van der Waals surface area contributed by atoms with Gasteiger partial charge >= 0.3 is 5.97 Å². The molecule has 0 aliphatic carbocycles. The van der Waals surface area contributed by atoms with E-state index in [2.05, 4.69) is 30.7 Å². The largest absolute Gasteiger partial charge is 0.465 e. The Morgan fingerprint density at radius 2 is 2.10 bits per heavy atom. The highest BCUT2D eigenvalue weighted by atomic mass is 79.9. The van der Waals surface area contributed by atoms with E-state index < -0.39 is 16.0 Å². The van der Waals surface area contributed by atoms with Gasteiger partial charge in [-0.05, 0) is 22.0 Å². The number of nitrogens with one attached hydrogen (secondary N) is 2. The summed E-state index contributed by atoms with van der Waals surface area (Å²) in [6, 6.07) is 1.59. The first-order chi connectivity index (χ1) is 9.27. The second-order valence-corrected chi connectivity index (χ2v) is 8.35. The number of esters is 1. The minimum Gasteiger partial charge on any atom is -0.465 e. The monoisotopic (exact) mass is 384 g/mol. The van der Waals surface area contributed by atoms with E-state index in [-0.39, 0.29) is 16.3 Å². The highest BCUT2D eigenvalue weighted by Gasteiger charge is 2.23. The van der Waals surface area contributed by atoms with Crippen molar-refractivity contribution in [3.63, 3.8) is 0 Å². The Labute approximate surface area is 131 Å². The molecule has 0 saturated carbocycles. The third kappa shape index (κ3) is 4.81. The second kappa shape index (κ2) is 7.51. The van der Waals surface area contributed by atoms with Crippen LogP contribution in [0.4, 0.5) is 0 Å². The molecule has 1 aromatic rings.